The number of hydrogen-bond donors (Lipinski definition) is 4. The van der Waals surface area contributed by atoms with Crippen LogP contribution in [-0.2, 0) is 29.0 Å². The maximum Gasteiger partial charge on any atom is 0.315 e. The molecule has 4 N–H and O–H groups in total. The van der Waals surface area contributed by atoms with E-state index < -0.39 is 68.5 Å². The Balaban J connectivity index is 1.83. The standard InChI is InChI=1S/C33H57N5O7S/c1-9-15-22(25(39)28(41)34-18-10-2)35-27(40)24-23-21(32(23,7)8)19-38(24)29(42)26(31(4,5)6)36-30(43)37-33(16-13-12-14-17-33)20-46(44,45)11-3/h21-24,26H,9-20H2,1-8H3,(H,34,41)(H,35,40)(H2,36,37,43)/t21?,22?,23-,24-,26+/m0/s1. The Labute approximate surface area is 275 Å². The molecular formula is C33H57N5O7S. The van der Waals surface area contributed by atoms with Crippen LogP contribution >= 0.6 is 0 Å². The van der Waals surface area contributed by atoms with Gasteiger partial charge in [-0.25, -0.2) is 13.2 Å². The fraction of sp³-hybridized carbons (Fsp3) is 0.848. The van der Waals surface area contributed by atoms with Gasteiger partial charge in [-0.1, -0.05) is 81.1 Å². The molecule has 0 aromatic carbocycles. The summed E-state index contributed by atoms with van der Waals surface area (Å²) in [5, 5.41) is 11.2. The molecule has 1 heterocycles. The molecule has 2 unspecified atom stereocenters. The molecule has 3 rings (SSSR count). The van der Waals surface area contributed by atoms with Crippen molar-refractivity contribution < 1.29 is 32.4 Å². The monoisotopic (exact) mass is 667 g/mol. The first-order chi connectivity index (χ1) is 21.3. The van der Waals surface area contributed by atoms with Gasteiger partial charge < -0.3 is 26.2 Å². The van der Waals surface area contributed by atoms with Gasteiger partial charge in [0.2, 0.25) is 17.6 Å². The molecule has 0 aromatic heterocycles. The van der Waals surface area contributed by atoms with E-state index in [1.807, 2.05) is 34.6 Å². The summed E-state index contributed by atoms with van der Waals surface area (Å²) in [4.78, 5) is 68.8. The Morgan fingerprint density at radius 3 is 2.11 bits per heavy atom. The molecule has 262 valence electrons. The summed E-state index contributed by atoms with van der Waals surface area (Å²) in [6, 6.07) is -3.51. The van der Waals surface area contributed by atoms with E-state index in [0.717, 1.165) is 19.3 Å². The number of fused-ring (bicyclic) bond motifs is 1. The van der Waals surface area contributed by atoms with Crippen LogP contribution in [0.5, 0.6) is 0 Å². The first kappa shape index (κ1) is 37.8. The highest BCUT2D eigenvalue weighted by atomic mass is 32.2. The predicted octanol–water partition coefficient (Wildman–Crippen LogP) is 2.70. The molecule has 1 saturated heterocycles. The number of amides is 5. The third-order valence-electron chi connectivity index (χ3n) is 10.2. The van der Waals surface area contributed by atoms with Gasteiger partial charge in [-0.3, -0.25) is 19.2 Å². The lowest BCUT2D eigenvalue weighted by atomic mass is 9.83. The van der Waals surface area contributed by atoms with E-state index in [-0.39, 0.29) is 35.2 Å². The molecule has 13 heteroatoms. The van der Waals surface area contributed by atoms with Crippen LogP contribution in [0.1, 0.15) is 107 Å². The molecule has 3 aliphatic rings. The van der Waals surface area contributed by atoms with Crippen molar-refractivity contribution in [3.8, 4) is 0 Å². The van der Waals surface area contributed by atoms with Crippen LogP contribution < -0.4 is 21.3 Å². The Morgan fingerprint density at radius 1 is 0.935 bits per heavy atom. The summed E-state index contributed by atoms with van der Waals surface area (Å²) in [5.74, 6) is -2.59. The number of carbonyl (C=O) groups is 5. The van der Waals surface area contributed by atoms with Crippen LogP contribution in [0, 0.1) is 22.7 Å². The normalized spacial score (nSPS) is 24.6. The van der Waals surface area contributed by atoms with Crippen LogP contribution in [0.2, 0.25) is 0 Å². The van der Waals surface area contributed by atoms with Gasteiger partial charge in [0, 0.05) is 18.8 Å². The van der Waals surface area contributed by atoms with Gasteiger partial charge >= 0.3 is 6.03 Å². The molecule has 2 saturated carbocycles. The van der Waals surface area contributed by atoms with Crippen molar-refractivity contribution in [1.82, 2.24) is 26.2 Å². The van der Waals surface area contributed by atoms with Gasteiger partial charge in [0.05, 0.1) is 17.3 Å². The first-order valence-corrected chi connectivity index (χ1v) is 18.9. The SMILES string of the molecule is CCCNC(=O)C(=O)C(CCC)NC(=O)[C@@H]1[C@@H]2C(CN1C(=O)[C@@H](NC(=O)NC1(CS(=O)(=O)CC)CCCCC1)C(C)(C)C)C2(C)C. The topological polar surface area (TPSA) is 171 Å². The maximum atomic E-state index is 14.3. The molecule has 46 heavy (non-hydrogen) atoms. The average Bonchev–Trinajstić information content (AvgIpc) is 3.28. The third-order valence-corrected chi connectivity index (χ3v) is 12.1. The van der Waals surface area contributed by atoms with Crippen LogP contribution in [0.15, 0.2) is 0 Å². The molecule has 1 aliphatic heterocycles. The quantitative estimate of drug-likeness (QED) is 0.206. The summed E-state index contributed by atoms with van der Waals surface area (Å²) in [5.41, 5.74) is -1.85. The minimum Gasteiger partial charge on any atom is -0.349 e. The molecule has 5 atom stereocenters. The maximum absolute atomic E-state index is 14.3. The second-order valence-corrected chi connectivity index (χ2v) is 17.6. The highest BCUT2D eigenvalue weighted by Crippen LogP contribution is 2.65. The van der Waals surface area contributed by atoms with Gasteiger partial charge in [-0.2, -0.15) is 0 Å². The number of carbonyl (C=O) groups excluding carboxylic acids is 5. The molecule has 3 fully saturated rings. The lowest BCUT2D eigenvalue weighted by Crippen LogP contribution is -2.64. The zero-order chi connectivity index (χ0) is 34.7. The number of nitrogens with one attached hydrogen (secondary N) is 4. The minimum atomic E-state index is -3.38. The first-order valence-electron chi connectivity index (χ1n) is 17.1. The summed E-state index contributed by atoms with van der Waals surface area (Å²) in [6.45, 7) is 15.6. The number of hydrogen-bond acceptors (Lipinski definition) is 7. The Kier molecular flexibility index (Phi) is 12.0. The fourth-order valence-corrected chi connectivity index (χ4v) is 8.80. The second-order valence-electron chi connectivity index (χ2n) is 15.3. The molecule has 0 aromatic rings. The highest BCUT2D eigenvalue weighted by molar-refractivity contribution is 7.91. The minimum absolute atomic E-state index is 0.0215. The molecule has 12 nitrogen and oxygen atoms in total. The van der Waals surface area contributed by atoms with E-state index in [9.17, 15) is 32.4 Å². The molecule has 0 spiro atoms. The van der Waals surface area contributed by atoms with Crippen LogP contribution in [-0.4, -0.2) is 91.1 Å². The van der Waals surface area contributed by atoms with E-state index >= 15 is 0 Å². The molecule has 5 amide bonds. The van der Waals surface area contributed by atoms with Crippen molar-refractivity contribution in [3.05, 3.63) is 0 Å². The summed E-state index contributed by atoms with van der Waals surface area (Å²) < 4.78 is 25.3. The smallest absolute Gasteiger partial charge is 0.315 e. The zero-order valence-corrected chi connectivity index (χ0v) is 29.9. The van der Waals surface area contributed by atoms with Gasteiger partial charge in [0.25, 0.3) is 5.91 Å². The summed E-state index contributed by atoms with van der Waals surface area (Å²) >= 11 is 0. The number of sulfone groups is 1. The van der Waals surface area contributed by atoms with E-state index in [1.54, 1.807) is 6.92 Å². The molecule has 0 radical (unpaired) electrons. The van der Waals surface area contributed by atoms with Crippen molar-refractivity contribution in [2.45, 2.75) is 130 Å². The van der Waals surface area contributed by atoms with Crippen LogP contribution in [0.4, 0.5) is 4.79 Å². The molecular weight excluding hydrogens is 610 g/mol. The van der Waals surface area contributed by atoms with E-state index in [4.69, 9.17) is 0 Å². The average molecular weight is 668 g/mol. The highest BCUT2D eigenvalue weighted by Gasteiger charge is 2.70. The van der Waals surface area contributed by atoms with Gasteiger partial charge in [0.1, 0.15) is 12.1 Å². The predicted molar refractivity (Wildman–Crippen MR) is 176 cm³/mol. The van der Waals surface area contributed by atoms with Crippen LogP contribution in [0.3, 0.4) is 0 Å². The number of Topliss-reactive ketones (excluding diaryl/α,β-unsaturated/α-hetero) is 1. The van der Waals surface area contributed by atoms with E-state index in [1.165, 1.54) is 4.90 Å². The van der Waals surface area contributed by atoms with Crippen molar-refractivity contribution in [2.24, 2.45) is 22.7 Å². The van der Waals surface area contributed by atoms with Crippen molar-refractivity contribution in [3.63, 3.8) is 0 Å². The van der Waals surface area contributed by atoms with E-state index in [2.05, 4.69) is 35.1 Å². The Morgan fingerprint density at radius 2 is 1.57 bits per heavy atom. The second kappa shape index (κ2) is 14.6. The fourth-order valence-electron chi connectivity index (χ4n) is 7.39. The molecule has 0 bridgehead atoms. The lowest BCUT2D eigenvalue weighted by Gasteiger charge is -2.40. The largest absolute Gasteiger partial charge is 0.349 e. The number of ketones is 1. The van der Waals surface area contributed by atoms with E-state index in [0.29, 0.717) is 38.8 Å². The Bertz CT molecular complexity index is 1270. The van der Waals surface area contributed by atoms with Crippen molar-refractivity contribution in [1.29, 1.82) is 0 Å². The summed E-state index contributed by atoms with van der Waals surface area (Å²) in [7, 11) is -3.38. The number of rotatable bonds is 14. The number of likely N-dealkylation sites (tertiary alicyclic amines) is 1. The van der Waals surface area contributed by atoms with Gasteiger partial charge in [0.15, 0.2) is 9.84 Å². The van der Waals surface area contributed by atoms with Crippen molar-refractivity contribution in [2.75, 3.05) is 24.6 Å². The Hall–Kier alpha value is -2.70. The number of nitrogens with zero attached hydrogens (tertiary/aromatic N) is 1. The molecule has 2 aliphatic carbocycles. The number of urea groups is 1. The van der Waals surface area contributed by atoms with Crippen LogP contribution in [0.25, 0.3) is 0 Å². The third kappa shape index (κ3) is 8.60. The zero-order valence-electron chi connectivity index (χ0n) is 29.1. The van der Waals surface area contributed by atoms with Gasteiger partial charge in [-0.05, 0) is 48.3 Å². The summed E-state index contributed by atoms with van der Waals surface area (Å²) in [6.07, 6.45) is 5.15. The van der Waals surface area contributed by atoms with Gasteiger partial charge in [-0.15, -0.1) is 0 Å². The van der Waals surface area contributed by atoms with Crippen molar-refractivity contribution >= 4 is 39.4 Å². The lowest BCUT2D eigenvalue weighted by molar-refractivity contribution is -0.145. The number of piperidine rings is 1.